The van der Waals surface area contributed by atoms with Gasteiger partial charge < -0.3 is 10.1 Å². The van der Waals surface area contributed by atoms with Gasteiger partial charge in [0.2, 0.25) is 0 Å². The van der Waals surface area contributed by atoms with Crippen molar-refractivity contribution in [3.05, 3.63) is 77.5 Å². The van der Waals surface area contributed by atoms with Gasteiger partial charge in [-0.25, -0.2) is 4.68 Å². The van der Waals surface area contributed by atoms with Gasteiger partial charge in [0.05, 0.1) is 18.0 Å². The van der Waals surface area contributed by atoms with Crippen LogP contribution in [0.5, 0.6) is 5.75 Å². The molecule has 4 aromatic rings. The van der Waals surface area contributed by atoms with E-state index in [2.05, 4.69) is 91.4 Å². The molecule has 4 heteroatoms. The fourth-order valence-electron chi connectivity index (χ4n) is 4.28. The van der Waals surface area contributed by atoms with Crippen LogP contribution in [-0.2, 0) is 0 Å². The summed E-state index contributed by atoms with van der Waals surface area (Å²) in [5.41, 5.74) is 6.87. The smallest absolute Gasteiger partial charge is 0.151 e. The fourth-order valence-corrected chi connectivity index (χ4v) is 4.28. The van der Waals surface area contributed by atoms with Gasteiger partial charge in [0.25, 0.3) is 0 Å². The van der Waals surface area contributed by atoms with Gasteiger partial charge in [-0.3, -0.25) is 0 Å². The molecule has 0 saturated heterocycles. The molecule has 146 valence electrons. The van der Waals surface area contributed by atoms with Crippen LogP contribution in [0.3, 0.4) is 0 Å². The van der Waals surface area contributed by atoms with Crippen molar-refractivity contribution in [2.45, 2.75) is 33.4 Å². The number of ether oxygens (including phenoxy) is 1. The largest absolute Gasteiger partial charge is 0.493 e. The number of para-hydroxylation sites is 1. The molecule has 0 spiro atoms. The highest BCUT2D eigenvalue weighted by Gasteiger charge is 2.30. The molecule has 0 saturated carbocycles. The van der Waals surface area contributed by atoms with Crippen LogP contribution in [0.15, 0.2) is 60.7 Å². The summed E-state index contributed by atoms with van der Waals surface area (Å²) < 4.78 is 8.32. The summed E-state index contributed by atoms with van der Waals surface area (Å²) in [6.07, 6.45) is 0.837. The van der Waals surface area contributed by atoms with E-state index in [0.29, 0.717) is 6.61 Å². The number of hydrogen-bond donors (Lipinski definition) is 1. The number of anilines is 1. The molecule has 1 aliphatic heterocycles. The number of fused-ring (bicyclic) bond motifs is 4. The van der Waals surface area contributed by atoms with E-state index < -0.39 is 0 Å². The molecule has 29 heavy (non-hydrogen) atoms. The van der Waals surface area contributed by atoms with Gasteiger partial charge in [0.15, 0.2) is 6.17 Å². The maximum Gasteiger partial charge on any atom is 0.151 e. The highest BCUT2D eigenvalue weighted by molar-refractivity contribution is 5.90. The zero-order valence-corrected chi connectivity index (χ0v) is 17.1. The number of rotatable bonds is 4. The molecule has 1 N–H and O–H groups in total. The zero-order valence-electron chi connectivity index (χ0n) is 17.1. The van der Waals surface area contributed by atoms with Crippen LogP contribution in [0.4, 0.5) is 5.69 Å². The third-order valence-corrected chi connectivity index (χ3v) is 5.60. The maximum atomic E-state index is 6.21. The Morgan fingerprint density at radius 3 is 2.76 bits per heavy atom. The van der Waals surface area contributed by atoms with Crippen LogP contribution in [0.2, 0.25) is 0 Å². The second-order valence-corrected chi connectivity index (χ2v) is 7.71. The molecule has 1 aromatic heterocycles. The minimum absolute atomic E-state index is 0.134. The lowest BCUT2D eigenvalue weighted by Gasteiger charge is -2.32. The minimum Gasteiger partial charge on any atom is -0.493 e. The van der Waals surface area contributed by atoms with Crippen molar-refractivity contribution in [3.63, 3.8) is 0 Å². The molecule has 0 amide bonds. The summed E-state index contributed by atoms with van der Waals surface area (Å²) in [4.78, 5) is 0. The Balaban J connectivity index is 1.78. The van der Waals surface area contributed by atoms with Crippen molar-refractivity contribution in [2.24, 2.45) is 0 Å². The molecule has 2 heterocycles. The summed E-state index contributed by atoms with van der Waals surface area (Å²) in [6, 6.07) is 21.3. The zero-order chi connectivity index (χ0) is 20.0. The molecule has 4 nitrogen and oxygen atoms in total. The number of nitrogens with one attached hydrogen (secondary N) is 1. The number of aromatic nitrogens is 2. The lowest BCUT2D eigenvalue weighted by Crippen LogP contribution is -2.27. The van der Waals surface area contributed by atoms with Gasteiger partial charge in [0, 0.05) is 16.8 Å². The van der Waals surface area contributed by atoms with Crippen molar-refractivity contribution in [1.29, 1.82) is 0 Å². The van der Waals surface area contributed by atoms with Crippen LogP contribution in [0.25, 0.3) is 22.0 Å². The standard InChI is InChI=1S/C25H25N3O/c1-4-14-29-22-13-12-18-9-5-6-10-19(18)23(22)25-26-24-16(2)8-7-11-20(24)21-15-17(3)27-28(21)25/h5-13,15,25-26H,4,14H2,1-3H3. The maximum absolute atomic E-state index is 6.21. The Labute approximate surface area is 171 Å². The average Bonchev–Trinajstić information content (AvgIpc) is 3.13. The van der Waals surface area contributed by atoms with E-state index >= 15 is 0 Å². The Morgan fingerprint density at radius 2 is 1.90 bits per heavy atom. The molecular weight excluding hydrogens is 358 g/mol. The van der Waals surface area contributed by atoms with Crippen LogP contribution in [-0.4, -0.2) is 16.4 Å². The molecule has 5 rings (SSSR count). The van der Waals surface area contributed by atoms with E-state index in [4.69, 9.17) is 9.84 Å². The van der Waals surface area contributed by atoms with Crippen LogP contribution in [0, 0.1) is 13.8 Å². The van der Waals surface area contributed by atoms with E-state index in [1.54, 1.807) is 0 Å². The Bertz CT molecular complexity index is 1210. The fraction of sp³-hybridized carbons (Fsp3) is 0.240. The predicted octanol–water partition coefficient (Wildman–Crippen LogP) is 6.08. The first-order valence-electron chi connectivity index (χ1n) is 10.2. The first-order valence-corrected chi connectivity index (χ1v) is 10.2. The molecule has 0 aliphatic carbocycles. The quantitative estimate of drug-likeness (QED) is 0.464. The second-order valence-electron chi connectivity index (χ2n) is 7.71. The molecule has 1 aliphatic rings. The van der Waals surface area contributed by atoms with Gasteiger partial charge in [0.1, 0.15) is 5.75 Å². The van der Waals surface area contributed by atoms with Gasteiger partial charge in [-0.15, -0.1) is 0 Å². The normalized spacial score (nSPS) is 14.9. The van der Waals surface area contributed by atoms with E-state index in [1.165, 1.54) is 27.6 Å². The monoisotopic (exact) mass is 383 g/mol. The summed E-state index contributed by atoms with van der Waals surface area (Å²) in [5.74, 6) is 0.916. The van der Waals surface area contributed by atoms with Crippen LogP contribution in [0.1, 0.15) is 36.3 Å². The molecule has 0 fully saturated rings. The van der Waals surface area contributed by atoms with Crippen molar-refractivity contribution in [2.75, 3.05) is 11.9 Å². The summed E-state index contributed by atoms with van der Waals surface area (Å²) in [7, 11) is 0. The minimum atomic E-state index is -0.134. The van der Waals surface area contributed by atoms with Gasteiger partial charge >= 0.3 is 0 Å². The predicted molar refractivity (Wildman–Crippen MR) is 119 cm³/mol. The topological polar surface area (TPSA) is 39.1 Å². The van der Waals surface area contributed by atoms with E-state index in [9.17, 15) is 0 Å². The molecular formula is C25H25N3O. The molecule has 0 radical (unpaired) electrons. The number of hydrogen-bond acceptors (Lipinski definition) is 3. The summed E-state index contributed by atoms with van der Waals surface area (Å²) in [5, 5.41) is 11.0. The summed E-state index contributed by atoms with van der Waals surface area (Å²) >= 11 is 0. The van der Waals surface area contributed by atoms with Crippen molar-refractivity contribution < 1.29 is 4.74 Å². The highest BCUT2D eigenvalue weighted by atomic mass is 16.5. The van der Waals surface area contributed by atoms with Crippen LogP contribution >= 0.6 is 0 Å². The van der Waals surface area contributed by atoms with E-state index in [-0.39, 0.29) is 6.17 Å². The van der Waals surface area contributed by atoms with Crippen LogP contribution < -0.4 is 10.1 Å². The molecule has 3 aromatic carbocycles. The van der Waals surface area contributed by atoms with Crippen molar-refractivity contribution >= 4 is 16.5 Å². The Kier molecular flexibility index (Phi) is 4.27. The third-order valence-electron chi connectivity index (χ3n) is 5.60. The van der Waals surface area contributed by atoms with Crippen molar-refractivity contribution in [1.82, 2.24) is 9.78 Å². The first kappa shape index (κ1) is 17.8. The Morgan fingerprint density at radius 1 is 1.03 bits per heavy atom. The highest BCUT2D eigenvalue weighted by Crippen LogP contribution is 2.44. The first-order chi connectivity index (χ1) is 14.2. The second kappa shape index (κ2) is 6.96. The molecule has 1 unspecified atom stereocenters. The number of benzene rings is 3. The van der Waals surface area contributed by atoms with E-state index in [0.717, 1.165) is 29.1 Å². The number of nitrogens with zero attached hydrogens (tertiary/aromatic N) is 2. The lowest BCUT2D eigenvalue weighted by atomic mass is 9.97. The van der Waals surface area contributed by atoms with Gasteiger partial charge in [-0.2, -0.15) is 5.10 Å². The Hall–Kier alpha value is -3.27. The lowest BCUT2D eigenvalue weighted by molar-refractivity contribution is 0.311. The van der Waals surface area contributed by atoms with Gasteiger partial charge in [-0.05, 0) is 48.7 Å². The summed E-state index contributed by atoms with van der Waals surface area (Å²) in [6.45, 7) is 7.03. The van der Waals surface area contributed by atoms with Gasteiger partial charge in [-0.1, -0.05) is 55.5 Å². The number of aryl methyl sites for hydroxylation is 2. The average molecular weight is 383 g/mol. The van der Waals surface area contributed by atoms with E-state index in [1.807, 2.05) is 0 Å². The molecule has 0 bridgehead atoms. The molecule has 1 atom stereocenters. The SMILES string of the molecule is CCCOc1ccc2ccccc2c1C1Nc2c(C)cccc2-c2cc(C)nn21. The van der Waals surface area contributed by atoms with Crippen molar-refractivity contribution in [3.8, 4) is 17.0 Å². The third kappa shape index (κ3) is 2.87.